The molecule has 0 unspecified atom stereocenters. The summed E-state index contributed by atoms with van der Waals surface area (Å²) in [6.07, 6.45) is 0. The van der Waals surface area contributed by atoms with Crippen LogP contribution in [-0.2, 0) is 0 Å². The molecule has 0 amide bonds. The van der Waals surface area contributed by atoms with Crippen molar-refractivity contribution in [2.24, 2.45) is 0 Å². The monoisotopic (exact) mass is 439 g/mol. The number of hydrogen-bond acceptors (Lipinski definition) is 1. The average Bonchev–Trinajstić information content (AvgIpc) is 2.78. The van der Waals surface area contributed by atoms with Crippen LogP contribution in [0, 0.1) is 0 Å². The number of thiocarbonyl (C=S) groups is 1. The van der Waals surface area contributed by atoms with E-state index in [2.05, 4.69) is 134 Å². The number of isothiocyanates is 1. The van der Waals surface area contributed by atoms with E-state index in [1.54, 1.807) is 0 Å². The number of nitrogens with zero attached hydrogens (tertiary/aromatic N) is 1. The Bertz CT molecular complexity index is 862. The van der Waals surface area contributed by atoms with Crippen molar-refractivity contribution < 1.29 is 31.3 Å². The van der Waals surface area contributed by atoms with Crippen molar-refractivity contribution in [3.8, 4) is 0 Å². The molecule has 0 aromatic heterocycles. The van der Waals surface area contributed by atoms with Crippen LogP contribution in [0.3, 0.4) is 0 Å². The first-order valence-electron chi connectivity index (χ1n) is 8.96. The van der Waals surface area contributed by atoms with Gasteiger partial charge in [-0.05, 0) is 48.5 Å². The van der Waals surface area contributed by atoms with Crippen LogP contribution in [0.2, 0.25) is 0 Å². The summed E-state index contributed by atoms with van der Waals surface area (Å²) in [4.78, 5) is 0. The van der Waals surface area contributed by atoms with E-state index in [1.807, 2.05) is 0 Å². The van der Waals surface area contributed by atoms with E-state index in [9.17, 15) is 0 Å². The molecule has 0 atom stereocenters. The van der Waals surface area contributed by atoms with Crippen LogP contribution < -0.4 is 52.5 Å². The van der Waals surface area contributed by atoms with Crippen LogP contribution in [0.25, 0.3) is 5.41 Å². The van der Waals surface area contributed by atoms with Crippen molar-refractivity contribution >= 4 is 45.9 Å². The predicted molar refractivity (Wildman–Crippen MR) is 127 cm³/mol. The van der Waals surface area contributed by atoms with E-state index in [0.29, 0.717) is 0 Å². The first kappa shape index (κ1) is 26.0. The largest absolute Gasteiger partial charge is 1.00 e. The molecule has 0 radical (unpaired) electrons. The third-order valence-electron chi connectivity index (χ3n) is 4.57. The molecule has 30 heavy (non-hydrogen) atoms. The maximum Gasteiger partial charge on any atom is 1.00 e. The number of halogens is 1. The third-order valence-corrected chi connectivity index (χ3v) is 8.86. The molecular formula is C25H20ClLiNPS. The van der Waals surface area contributed by atoms with Gasteiger partial charge in [0.05, 0.1) is 0 Å². The molecule has 0 bridgehead atoms. The van der Waals surface area contributed by atoms with Gasteiger partial charge in [-0.3, -0.25) is 0 Å². The standard InChI is InChI=1S/C24H20P.CNS.ClH.Li/c1-5-13-21(14-6-1)25(22-15-7-2-8-16-22,23-17-9-3-10-18-23)24-19-11-4-12-20-24;2-1-3;;/h1-20H;;1H;/q+1;-1;;+1/p-1. The van der Waals surface area contributed by atoms with Gasteiger partial charge in [-0.1, -0.05) is 85.0 Å². The third kappa shape index (κ3) is 5.57. The fraction of sp³-hybridized carbons (Fsp3) is 0. The summed E-state index contributed by atoms with van der Waals surface area (Å²) in [5.74, 6) is 0. The van der Waals surface area contributed by atoms with Gasteiger partial charge in [-0.2, -0.15) is 5.16 Å². The predicted octanol–water partition coefficient (Wildman–Crippen LogP) is -1.03. The van der Waals surface area contributed by atoms with E-state index in [1.165, 1.54) is 26.4 Å². The van der Waals surface area contributed by atoms with Gasteiger partial charge in [0, 0.05) is 0 Å². The SMILES string of the molecule is [Cl-].[Li+].[N-]=C=S.c1ccc([P+](c2ccccc2)(c2ccccc2)c2ccccc2)cc1. The number of rotatable bonds is 4. The van der Waals surface area contributed by atoms with Crippen molar-refractivity contribution in [1.29, 1.82) is 0 Å². The van der Waals surface area contributed by atoms with E-state index >= 15 is 0 Å². The quantitative estimate of drug-likeness (QED) is 0.173. The Morgan fingerprint density at radius 1 is 0.500 bits per heavy atom. The van der Waals surface area contributed by atoms with Crippen molar-refractivity contribution in [2.45, 2.75) is 0 Å². The molecule has 0 heterocycles. The second-order valence-corrected chi connectivity index (χ2v) is 9.69. The zero-order valence-corrected chi connectivity index (χ0v) is 19.2. The van der Waals surface area contributed by atoms with Gasteiger partial charge < -0.3 is 17.8 Å². The minimum atomic E-state index is -1.91. The molecular weight excluding hydrogens is 420 g/mol. The maximum absolute atomic E-state index is 7.13. The molecule has 0 fully saturated rings. The van der Waals surface area contributed by atoms with Gasteiger partial charge in [0.15, 0.2) is 0 Å². The first-order chi connectivity index (χ1) is 13.8. The Morgan fingerprint density at radius 3 is 0.833 bits per heavy atom. The first-order valence-corrected chi connectivity index (χ1v) is 11.2. The van der Waals surface area contributed by atoms with Crippen LogP contribution in [-0.4, -0.2) is 5.16 Å². The van der Waals surface area contributed by atoms with Crippen LogP contribution >= 0.6 is 19.5 Å². The van der Waals surface area contributed by atoms with E-state index in [-0.39, 0.29) is 31.3 Å². The molecule has 0 aliphatic carbocycles. The van der Waals surface area contributed by atoms with Crippen LogP contribution in [0.4, 0.5) is 0 Å². The topological polar surface area (TPSA) is 22.3 Å². The van der Waals surface area contributed by atoms with E-state index in [4.69, 9.17) is 5.41 Å². The number of benzene rings is 4. The molecule has 0 saturated heterocycles. The summed E-state index contributed by atoms with van der Waals surface area (Å²) in [5, 5.41) is 14.0. The summed E-state index contributed by atoms with van der Waals surface area (Å²) in [6, 6.07) is 43.8. The summed E-state index contributed by atoms with van der Waals surface area (Å²) in [5.41, 5.74) is 0. The summed E-state index contributed by atoms with van der Waals surface area (Å²) in [6.45, 7) is 0. The minimum Gasteiger partial charge on any atom is -1.00 e. The molecule has 0 saturated carbocycles. The Hall–Kier alpha value is -2.00. The van der Waals surface area contributed by atoms with Gasteiger partial charge in [0.1, 0.15) is 28.5 Å². The molecule has 0 aliphatic heterocycles. The van der Waals surface area contributed by atoms with Crippen LogP contribution in [0.15, 0.2) is 121 Å². The van der Waals surface area contributed by atoms with Gasteiger partial charge in [0.2, 0.25) is 0 Å². The molecule has 4 aromatic carbocycles. The van der Waals surface area contributed by atoms with Gasteiger partial charge in [-0.25, -0.2) is 0 Å². The Labute approximate surface area is 203 Å². The fourth-order valence-electron chi connectivity index (χ4n) is 3.50. The molecule has 5 heteroatoms. The summed E-state index contributed by atoms with van der Waals surface area (Å²) in [7, 11) is -1.91. The number of hydrogen-bond donors (Lipinski definition) is 0. The molecule has 4 rings (SSSR count). The zero-order valence-electron chi connectivity index (χ0n) is 16.7. The van der Waals surface area contributed by atoms with E-state index in [0.717, 1.165) is 0 Å². The molecule has 0 N–H and O–H groups in total. The Balaban J connectivity index is 0.000000851. The van der Waals surface area contributed by atoms with Crippen molar-refractivity contribution in [3.05, 3.63) is 127 Å². The van der Waals surface area contributed by atoms with Crippen molar-refractivity contribution in [1.82, 2.24) is 0 Å². The molecule has 144 valence electrons. The second kappa shape index (κ2) is 13.3. The van der Waals surface area contributed by atoms with Crippen molar-refractivity contribution in [2.75, 3.05) is 0 Å². The summed E-state index contributed by atoms with van der Waals surface area (Å²) >= 11 is 3.70. The smallest absolute Gasteiger partial charge is 1.00 e. The summed E-state index contributed by atoms with van der Waals surface area (Å²) < 4.78 is 0. The maximum atomic E-state index is 7.13. The molecule has 1 nitrogen and oxygen atoms in total. The Kier molecular flexibility index (Phi) is 11.6. The van der Waals surface area contributed by atoms with Gasteiger partial charge in [0.25, 0.3) is 0 Å². The zero-order chi connectivity index (χ0) is 19.7. The minimum absolute atomic E-state index is 0. The van der Waals surface area contributed by atoms with Crippen molar-refractivity contribution in [3.63, 3.8) is 0 Å². The van der Waals surface area contributed by atoms with Crippen LogP contribution in [0.1, 0.15) is 0 Å². The van der Waals surface area contributed by atoms with Crippen LogP contribution in [0.5, 0.6) is 0 Å². The Morgan fingerprint density at radius 2 is 0.667 bits per heavy atom. The second-order valence-electron chi connectivity index (χ2n) is 6.10. The normalized spacial score (nSPS) is 9.60. The van der Waals surface area contributed by atoms with E-state index < -0.39 is 7.26 Å². The van der Waals surface area contributed by atoms with Gasteiger partial charge in [-0.15, -0.1) is 0 Å². The average molecular weight is 440 g/mol. The molecule has 0 aliphatic rings. The molecule has 4 aromatic rings. The van der Waals surface area contributed by atoms with Gasteiger partial charge >= 0.3 is 18.9 Å². The fourth-order valence-corrected chi connectivity index (χ4v) is 7.77. The molecule has 0 spiro atoms.